The van der Waals surface area contributed by atoms with Gasteiger partial charge in [-0.1, -0.05) is 26.0 Å². The molecule has 1 aliphatic heterocycles. The van der Waals surface area contributed by atoms with E-state index in [4.69, 9.17) is 24.4 Å². The van der Waals surface area contributed by atoms with Crippen LogP contribution < -0.4 is 20.1 Å². The summed E-state index contributed by atoms with van der Waals surface area (Å²) in [6.45, 7) is 3.42. The minimum absolute atomic E-state index is 0.0751. The highest BCUT2D eigenvalue weighted by molar-refractivity contribution is 5.74. The quantitative estimate of drug-likeness (QED) is 0.122. The molecular formula is C26H40N4O10. The third-order valence-electron chi connectivity index (χ3n) is 6.47. The molecule has 0 radical (unpaired) electrons. The Morgan fingerprint density at radius 3 is 2.40 bits per heavy atom. The lowest BCUT2D eigenvalue weighted by molar-refractivity contribution is -0.278. The van der Waals surface area contributed by atoms with E-state index in [2.05, 4.69) is 20.8 Å². The van der Waals surface area contributed by atoms with Crippen LogP contribution in [0.4, 0.5) is 4.79 Å². The molecule has 40 heavy (non-hydrogen) atoms. The van der Waals surface area contributed by atoms with Crippen LogP contribution in [-0.2, 0) is 11.2 Å². The SMILES string of the molecule is CC(C)c1[nH]nc(O[C@@H]2O[C@H](CO)[C@@H](O)[C@H](O)[C@H]2O)c1Cc1ccc(OCCCNC(=O)NC(CO)CO)cc1. The average Bonchev–Trinajstić information content (AvgIpc) is 3.34. The second kappa shape index (κ2) is 15.1. The van der Waals surface area contributed by atoms with Gasteiger partial charge in [-0.3, -0.25) is 5.10 Å². The summed E-state index contributed by atoms with van der Waals surface area (Å²) in [5.74, 6) is 0.892. The Balaban J connectivity index is 1.56. The fourth-order valence-corrected chi connectivity index (χ4v) is 4.14. The molecule has 14 heteroatoms. The Bertz CT molecular complexity index is 1040. The van der Waals surface area contributed by atoms with Gasteiger partial charge < -0.3 is 55.5 Å². The lowest BCUT2D eigenvalue weighted by Gasteiger charge is -2.39. The van der Waals surface area contributed by atoms with E-state index in [0.29, 0.717) is 31.7 Å². The molecule has 1 fully saturated rings. The molecule has 2 aromatic rings. The topological polar surface area (TPSA) is 219 Å². The number of H-pyrrole nitrogens is 1. The van der Waals surface area contributed by atoms with E-state index in [-0.39, 0.29) is 25.0 Å². The van der Waals surface area contributed by atoms with Gasteiger partial charge in [-0.2, -0.15) is 0 Å². The van der Waals surface area contributed by atoms with Gasteiger partial charge >= 0.3 is 6.03 Å². The highest BCUT2D eigenvalue weighted by atomic mass is 16.7. The average molecular weight is 569 g/mol. The fourth-order valence-electron chi connectivity index (χ4n) is 4.14. The molecule has 9 N–H and O–H groups in total. The maximum Gasteiger partial charge on any atom is 0.315 e. The highest BCUT2D eigenvalue weighted by Crippen LogP contribution is 2.31. The first kappa shape index (κ1) is 31.5. The number of nitrogens with one attached hydrogen (secondary N) is 3. The largest absolute Gasteiger partial charge is 0.494 e. The van der Waals surface area contributed by atoms with Gasteiger partial charge in [-0.25, -0.2) is 4.79 Å². The fraction of sp³-hybridized carbons (Fsp3) is 0.615. The maximum atomic E-state index is 11.7. The molecule has 2 heterocycles. The first-order chi connectivity index (χ1) is 19.2. The Morgan fingerprint density at radius 2 is 1.77 bits per heavy atom. The normalized spacial score (nSPS) is 22.9. The number of nitrogens with zero attached hydrogens (tertiary/aromatic N) is 1. The van der Waals surface area contributed by atoms with Gasteiger partial charge in [0.25, 0.3) is 0 Å². The zero-order chi connectivity index (χ0) is 29.2. The number of aromatic nitrogens is 2. The van der Waals surface area contributed by atoms with Crippen molar-refractivity contribution in [2.45, 2.75) is 69.4 Å². The predicted molar refractivity (Wildman–Crippen MR) is 141 cm³/mol. The second-order valence-electron chi connectivity index (χ2n) is 9.88. The molecule has 1 aromatic heterocycles. The summed E-state index contributed by atoms with van der Waals surface area (Å²) < 4.78 is 17.0. The molecule has 3 rings (SSSR count). The molecule has 0 bridgehead atoms. The molecule has 0 saturated carbocycles. The predicted octanol–water partition coefficient (Wildman–Crippen LogP) is -1.28. The number of carbonyl (C=O) groups is 1. The number of benzene rings is 1. The van der Waals surface area contributed by atoms with Gasteiger partial charge in [0, 0.05) is 24.2 Å². The van der Waals surface area contributed by atoms with Crippen molar-refractivity contribution in [1.82, 2.24) is 20.8 Å². The minimum atomic E-state index is -1.56. The molecule has 0 unspecified atom stereocenters. The molecule has 0 spiro atoms. The summed E-state index contributed by atoms with van der Waals surface area (Å²) >= 11 is 0. The molecule has 2 amide bonds. The third kappa shape index (κ3) is 8.27. The van der Waals surface area contributed by atoms with Crippen molar-refractivity contribution in [3.63, 3.8) is 0 Å². The Hall–Kier alpha value is -2.98. The van der Waals surface area contributed by atoms with E-state index in [1.54, 1.807) is 0 Å². The number of hydrogen-bond acceptors (Lipinski definition) is 11. The van der Waals surface area contributed by atoms with Gasteiger partial charge in [0.2, 0.25) is 12.2 Å². The zero-order valence-electron chi connectivity index (χ0n) is 22.6. The highest BCUT2D eigenvalue weighted by Gasteiger charge is 2.45. The number of ether oxygens (including phenoxy) is 3. The third-order valence-corrected chi connectivity index (χ3v) is 6.47. The Morgan fingerprint density at radius 1 is 1.07 bits per heavy atom. The molecule has 14 nitrogen and oxygen atoms in total. The summed E-state index contributed by atoms with van der Waals surface area (Å²) in [7, 11) is 0. The van der Waals surface area contributed by atoms with E-state index in [1.807, 2.05) is 38.1 Å². The summed E-state index contributed by atoms with van der Waals surface area (Å²) in [6.07, 6.45) is -6.07. The van der Waals surface area contributed by atoms with Crippen molar-refractivity contribution in [3.8, 4) is 11.6 Å². The van der Waals surface area contributed by atoms with Gasteiger partial charge in [0.05, 0.1) is 32.5 Å². The van der Waals surface area contributed by atoms with E-state index >= 15 is 0 Å². The van der Waals surface area contributed by atoms with Crippen LogP contribution >= 0.6 is 0 Å². The van der Waals surface area contributed by atoms with Crippen molar-refractivity contribution in [2.75, 3.05) is 33.0 Å². The van der Waals surface area contributed by atoms with Crippen molar-refractivity contribution in [1.29, 1.82) is 0 Å². The summed E-state index contributed by atoms with van der Waals surface area (Å²) in [5.41, 5.74) is 2.48. The summed E-state index contributed by atoms with van der Waals surface area (Å²) in [5, 5.41) is 70.2. The number of amides is 2. The Kier molecular flexibility index (Phi) is 11.9. The van der Waals surface area contributed by atoms with Crippen LogP contribution in [0.25, 0.3) is 0 Å². The van der Waals surface area contributed by atoms with Gasteiger partial charge in [-0.05, 0) is 30.0 Å². The van der Waals surface area contributed by atoms with Crippen LogP contribution in [0.5, 0.6) is 11.6 Å². The number of aliphatic hydroxyl groups excluding tert-OH is 6. The van der Waals surface area contributed by atoms with Crippen LogP contribution in [-0.4, -0.2) is 117 Å². The van der Waals surface area contributed by atoms with Gasteiger partial charge in [-0.15, -0.1) is 5.10 Å². The lowest BCUT2D eigenvalue weighted by Crippen LogP contribution is -2.60. The molecule has 1 saturated heterocycles. The number of aromatic amines is 1. The number of carbonyl (C=O) groups excluding carboxylic acids is 1. The first-order valence-electron chi connectivity index (χ1n) is 13.2. The summed E-state index contributed by atoms with van der Waals surface area (Å²) in [6, 6.07) is 6.22. The molecular weight excluding hydrogens is 528 g/mol. The van der Waals surface area contributed by atoms with Crippen LogP contribution in [0.2, 0.25) is 0 Å². The number of hydrogen-bond donors (Lipinski definition) is 9. The van der Waals surface area contributed by atoms with E-state index in [9.17, 15) is 25.2 Å². The molecule has 1 aromatic carbocycles. The second-order valence-corrected chi connectivity index (χ2v) is 9.88. The van der Waals surface area contributed by atoms with Crippen molar-refractivity contribution < 1.29 is 49.6 Å². The van der Waals surface area contributed by atoms with Crippen LogP contribution in [0.3, 0.4) is 0 Å². The monoisotopic (exact) mass is 568 g/mol. The maximum absolute atomic E-state index is 11.7. The van der Waals surface area contributed by atoms with Gasteiger partial charge in [0.15, 0.2) is 0 Å². The smallest absolute Gasteiger partial charge is 0.315 e. The van der Waals surface area contributed by atoms with E-state index in [1.165, 1.54) is 0 Å². The molecule has 224 valence electrons. The molecule has 1 aliphatic rings. The van der Waals surface area contributed by atoms with Crippen molar-refractivity contribution in [2.24, 2.45) is 0 Å². The van der Waals surface area contributed by atoms with Crippen LogP contribution in [0.15, 0.2) is 24.3 Å². The lowest BCUT2D eigenvalue weighted by atomic mass is 9.98. The van der Waals surface area contributed by atoms with Crippen molar-refractivity contribution >= 4 is 6.03 Å². The first-order valence-corrected chi connectivity index (χ1v) is 13.2. The number of aliphatic hydroxyl groups is 6. The zero-order valence-corrected chi connectivity index (χ0v) is 22.6. The minimum Gasteiger partial charge on any atom is -0.494 e. The van der Waals surface area contributed by atoms with E-state index < -0.39 is 49.4 Å². The molecule has 0 aliphatic carbocycles. The number of rotatable bonds is 14. The molecule has 5 atom stereocenters. The van der Waals surface area contributed by atoms with Crippen LogP contribution in [0, 0.1) is 0 Å². The van der Waals surface area contributed by atoms with Crippen LogP contribution in [0.1, 0.15) is 43.0 Å². The standard InChI is InChI=1S/C26H40N4O10/c1-14(2)20-18(24(30-29-20)40-25-23(36)22(35)21(34)19(13-33)39-25)10-15-4-6-17(7-5-15)38-9-3-8-27-26(37)28-16(11-31)12-32/h4-7,14,16,19,21-23,25,31-36H,3,8-13H2,1-2H3,(H,29,30)(H2,27,28,37)/t19-,21-,22+,23-,25+/m1/s1. The summed E-state index contributed by atoms with van der Waals surface area (Å²) in [4.78, 5) is 11.7. The Labute approximate surface area is 231 Å². The van der Waals surface area contributed by atoms with Gasteiger partial charge in [0.1, 0.15) is 30.2 Å². The van der Waals surface area contributed by atoms with Crippen molar-refractivity contribution in [3.05, 3.63) is 41.1 Å². The number of urea groups is 1. The van der Waals surface area contributed by atoms with E-state index in [0.717, 1.165) is 16.8 Å².